The maximum absolute atomic E-state index is 13.9. The number of ether oxygens (including phenoxy) is 3. The third kappa shape index (κ3) is 8.68. The van der Waals surface area contributed by atoms with Crippen molar-refractivity contribution in [3.05, 3.63) is 106 Å². The van der Waals surface area contributed by atoms with Gasteiger partial charge in [0.15, 0.2) is 5.17 Å². The Kier molecular flexibility index (Phi) is 12.8. The highest BCUT2D eigenvalue weighted by molar-refractivity contribution is 8.13. The molecule has 52 heavy (non-hydrogen) atoms. The Balaban J connectivity index is 1.31. The molecule has 2 aliphatic rings. The molecule has 2 atom stereocenters. The highest BCUT2D eigenvalue weighted by Crippen LogP contribution is 2.37. The van der Waals surface area contributed by atoms with Gasteiger partial charge in [0.1, 0.15) is 17.8 Å². The number of imide groups is 1. The predicted molar refractivity (Wildman–Crippen MR) is 199 cm³/mol. The number of nitro benzene ring substituents is 1. The minimum absolute atomic E-state index is 0.0476. The number of piperidine rings is 1. The number of aliphatic imine (C=N–C) groups is 2. The molecule has 0 bridgehead atoms. The summed E-state index contributed by atoms with van der Waals surface area (Å²) in [5.41, 5.74) is 2.20. The summed E-state index contributed by atoms with van der Waals surface area (Å²) in [4.78, 5) is 64.1. The fraction of sp³-hybridized carbons (Fsp3) is 0.395. The van der Waals surface area contributed by atoms with Gasteiger partial charge in [0.2, 0.25) is 5.91 Å². The topological polar surface area (TPSA) is 153 Å². The SMILES string of the molecule is COC(=O)N(C(=O)CCCN1CCC(C(=O)OC)(c2ccccc2)CC1)C1C(C)=NC(SCc2ccc(OC)cc2)=NC1c1ccc([N+](=O)[O-])cc1. The van der Waals surface area contributed by atoms with Gasteiger partial charge in [-0.1, -0.05) is 54.2 Å². The van der Waals surface area contributed by atoms with Crippen LogP contribution < -0.4 is 4.74 Å². The molecular formula is C38H43N5O8S. The molecule has 1 saturated heterocycles. The molecule has 2 heterocycles. The molecule has 0 aliphatic carbocycles. The van der Waals surface area contributed by atoms with Crippen LogP contribution in [0.2, 0.25) is 0 Å². The van der Waals surface area contributed by atoms with Crippen LogP contribution in [0.25, 0.3) is 0 Å². The minimum Gasteiger partial charge on any atom is -0.497 e. The molecule has 0 radical (unpaired) electrons. The van der Waals surface area contributed by atoms with Gasteiger partial charge in [0, 0.05) is 30.0 Å². The Hall–Kier alpha value is -5.08. The minimum atomic E-state index is -0.923. The predicted octanol–water partition coefficient (Wildman–Crippen LogP) is 6.36. The zero-order chi connectivity index (χ0) is 37.3. The Labute approximate surface area is 307 Å². The van der Waals surface area contributed by atoms with Crippen LogP contribution >= 0.6 is 11.8 Å². The van der Waals surface area contributed by atoms with E-state index in [1.807, 2.05) is 54.6 Å². The molecule has 3 aromatic carbocycles. The van der Waals surface area contributed by atoms with Crippen LogP contribution in [-0.4, -0.2) is 90.6 Å². The standard InChI is InChI=1S/C38H43N5O8S/c1-26-34(33(28-14-16-30(17-15-28)43(47)48)40-36(39-26)52-25-27-12-18-31(49-2)19-13-27)42(37(46)51-4)32(44)11-8-22-41-23-20-38(21-24-41,35(45)50-3)29-9-6-5-7-10-29/h5-7,9-10,12-19,33-34H,8,11,20-25H2,1-4H3. The van der Waals surface area contributed by atoms with E-state index in [4.69, 9.17) is 24.2 Å². The summed E-state index contributed by atoms with van der Waals surface area (Å²) < 4.78 is 15.6. The smallest absolute Gasteiger partial charge is 0.416 e. The second-order valence-electron chi connectivity index (χ2n) is 12.7. The number of amidine groups is 1. The van der Waals surface area contributed by atoms with E-state index in [0.29, 0.717) is 61.1 Å². The molecule has 2 amide bonds. The van der Waals surface area contributed by atoms with E-state index in [2.05, 4.69) is 4.90 Å². The first-order valence-electron chi connectivity index (χ1n) is 17.0. The van der Waals surface area contributed by atoms with Crippen molar-refractivity contribution >= 4 is 46.3 Å². The molecule has 0 spiro atoms. The number of benzene rings is 3. The van der Waals surface area contributed by atoms with E-state index >= 15 is 0 Å². The summed E-state index contributed by atoms with van der Waals surface area (Å²) >= 11 is 1.40. The lowest BCUT2D eigenvalue weighted by molar-refractivity contribution is -0.384. The van der Waals surface area contributed by atoms with E-state index in [0.717, 1.165) is 21.8 Å². The van der Waals surface area contributed by atoms with E-state index in [1.54, 1.807) is 26.2 Å². The zero-order valence-electron chi connectivity index (χ0n) is 29.7. The number of thioether (sulfide) groups is 1. The number of amides is 2. The molecule has 2 aliphatic heterocycles. The lowest BCUT2D eigenvalue weighted by Gasteiger charge is -2.40. The lowest BCUT2D eigenvalue weighted by Crippen LogP contribution is -2.52. The van der Waals surface area contributed by atoms with Gasteiger partial charge in [0.05, 0.1) is 31.7 Å². The van der Waals surface area contributed by atoms with Crippen molar-refractivity contribution in [1.29, 1.82) is 0 Å². The average molecular weight is 730 g/mol. The number of carbonyl (C=O) groups is 3. The maximum Gasteiger partial charge on any atom is 0.416 e. The third-order valence-corrected chi connectivity index (χ3v) is 10.5. The molecule has 3 aromatic rings. The van der Waals surface area contributed by atoms with Crippen molar-refractivity contribution in [3.8, 4) is 5.75 Å². The molecular weight excluding hydrogens is 687 g/mol. The normalized spacial score (nSPS) is 18.4. The fourth-order valence-electron chi connectivity index (χ4n) is 6.75. The van der Waals surface area contributed by atoms with Gasteiger partial charge in [-0.15, -0.1) is 0 Å². The monoisotopic (exact) mass is 729 g/mol. The molecule has 0 aromatic heterocycles. The van der Waals surface area contributed by atoms with Crippen molar-refractivity contribution in [2.75, 3.05) is 41.0 Å². The number of hydrogen-bond acceptors (Lipinski definition) is 12. The lowest BCUT2D eigenvalue weighted by atomic mass is 9.72. The number of rotatable bonds is 12. The van der Waals surface area contributed by atoms with E-state index in [-0.39, 0.29) is 18.1 Å². The Bertz CT molecular complexity index is 1790. The van der Waals surface area contributed by atoms with Gasteiger partial charge in [0.25, 0.3) is 5.69 Å². The first kappa shape index (κ1) is 38.2. The maximum atomic E-state index is 13.9. The van der Waals surface area contributed by atoms with Crippen molar-refractivity contribution < 1.29 is 33.5 Å². The van der Waals surface area contributed by atoms with E-state index in [1.165, 1.54) is 38.1 Å². The van der Waals surface area contributed by atoms with Gasteiger partial charge in [-0.2, -0.15) is 0 Å². The Morgan fingerprint density at radius 1 is 0.962 bits per heavy atom. The number of hydrogen-bond donors (Lipinski definition) is 0. The first-order chi connectivity index (χ1) is 25.1. The second-order valence-corrected chi connectivity index (χ2v) is 13.6. The molecule has 0 N–H and O–H groups in total. The van der Waals surface area contributed by atoms with Crippen molar-refractivity contribution in [3.63, 3.8) is 0 Å². The summed E-state index contributed by atoms with van der Waals surface area (Å²) in [6.45, 7) is 3.60. The first-order valence-corrected chi connectivity index (χ1v) is 18.0. The molecule has 5 rings (SSSR count). The van der Waals surface area contributed by atoms with Crippen LogP contribution in [0.15, 0.2) is 88.8 Å². The number of nitrogens with zero attached hydrogens (tertiary/aromatic N) is 5. The number of methoxy groups -OCH3 is 3. The summed E-state index contributed by atoms with van der Waals surface area (Å²) in [6.07, 6.45) is 0.825. The fourth-order valence-corrected chi connectivity index (χ4v) is 7.63. The molecule has 2 unspecified atom stereocenters. The van der Waals surface area contributed by atoms with Gasteiger partial charge in [-0.05, 0) is 86.8 Å². The molecule has 0 saturated carbocycles. The van der Waals surface area contributed by atoms with Crippen LogP contribution in [0.1, 0.15) is 55.3 Å². The number of likely N-dealkylation sites (tertiary alicyclic amines) is 1. The highest BCUT2D eigenvalue weighted by atomic mass is 32.2. The molecule has 13 nitrogen and oxygen atoms in total. The summed E-state index contributed by atoms with van der Waals surface area (Å²) in [7, 11) is 4.23. The molecule has 1 fully saturated rings. The Morgan fingerprint density at radius 2 is 1.63 bits per heavy atom. The van der Waals surface area contributed by atoms with Gasteiger partial charge in [-0.3, -0.25) is 19.7 Å². The van der Waals surface area contributed by atoms with Crippen molar-refractivity contribution in [1.82, 2.24) is 9.80 Å². The van der Waals surface area contributed by atoms with Crippen LogP contribution in [0.4, 0.5) is 10.5 Å². The van der Waals surface area contributed by atoms with Crippen molar-refractivity contribution in [2.45, 2.75) is 55.9 Å². The average Bonchev–Trinajstić information content (AvgIpc) is 3.18. The van der Waals surface area contributed by atoms with Gasteiger partial charge < -0.3 is 19.1 Å². The summed E-state index contributed by atoms with van der Waals surface area (Å²) in [5.74, 6) is 0.595. The zero-order valence-corrected chi connectivity index (χ0v) is 30.5. The van der Waals surface area contributed by atoms with E-state index < -0.39 is 34.4 Å². The summed E-state index contributed by atoms with van der Waals surface area (Å²) in [6, 6.07) is 21.5. The quantitative estimate of drug-likeness (QED) is 0.117. The second kappa shape index (κ2) is 17.4. The van der Waals surface area contributed by atoms with Crippen LogP contribution in [0.3, 0.4) is 0 Å². The number of esters is 1. The van der Waals surface area contributed by atoms with Gasteiger partial charge >= 0.3 is 12.1 Å². The molecule has 14 heteroatoms. The summed E-state index contributed by atoms with van der Waals surface area (Å²) in [5, 5.41) is 11.9. The highest BCUT2D eigenvalue weighted by Gasteiger charge is 2.44. The van der Waals surface area contributed by atoms with E-state index in [9.17, 15) is 24.5 Å². The van der Waals surface area contributed by atoms with Crippen LogP contribution in [0, 0.1) is 10.1 Å². The number of non-ortho nitro benzene ring substituents is 1. The number of nitro groups is 1. The third-order valence-electron chi connectivity index (χ3n) is 9.62. The number of carbonyl (C=O) groups excluding carboxylic acids is 3. The largest absolute Gasteiger partial charge is 0.497 e. The van der Waals surface area contributed by atoms with Crippen LogP contribution in [-0.2, 0) is 30.2 Å². The Morgan fingerprint density at radius 3 is 2.23 bits per heavy atom. The molecule has 274 valence electrons. The van der Waals surface area contributed by atoms with Gasteiger partial charge in [-0.25, -0.2) is 19.7 Å². The van der Waals surface area contributed by atoms with Crippen LogP contribution in [0.5, 0.6) is 5.75 Å². The van der Waals surface area contributed by atoms with Crippen molar-refractivity contribution in [2.24, 2.45) is 9.98 Å².